The lowest BCUT2D eigenvalue weighted by Gasteiger charge is -2.09. The van der Waals surface area contributed by atoms with Crippen LogP contribution in [-0.4, -0.2) is 30.2 Å². The lowest BCUT2D eigenvalue weighted by molar-refractivity contribution is 0.0605. The molecule has 0 saturated heterocycles. The van der Waals surface area contributed by atoms with E-state index in [2.05, 4.69) is 15.3 Å². The van der Waals surface area contributed by atoms with E-state index in [1.165, 1.54) is 24.8 Å². The van der Waals surface area contributed by atoms with Gasteiger partial charge in [0.25, 0.3) is 0 Å². The molecule has 2 heterocycles. The normalized spacial score (nSPS) is 10.7. The summed E-state index contributed by atoms with van der Waals surface area (Å²) in [5.41, 5.74) is 1.54. The SMILES string of the molecule is COC(=O)c1sc2ncnc(Nc3ccc(OC)c(Cl)c3)c2c1C. The lowest BCUT2D eigenvalue weighted by atomic mass is 10.2. The number of thiophene rings is 1. The number of aromatic nitrogens is 2. The minimum atomic E-state index is -0.381. The molecule has 1 N–H and O–H groups in total. The molecule has 3 aromatic rings. The van der Waals surface area contributed by atoms with Crippen LogP contribution in [0, 0.1) is 6.92 Å². The molecule has 0 amide bonds. The van der Waals surface area contributed by atoms with Crippen LogP contribution in [0.4, 0.5) is 11.5 Å². The fourth-order valence-electron chi connectivity index (χ4n) is 2.33. The number of carbonyl (C=O) groups excluding carboxylic acids is 1. The molecule has 0 aliphatic carbocycles. The Labute approximate surface area is 147 Å². The number of hydrogen-bond acceptors (Lipinski definition) is 7. The zero-order chi connectivity index (χ0) is 17.3. The number of esters is 1. The van der Waals surface area contributed by atoms with Gasteiger partial charge in [0.2, 0.25) is 0 Å². The molecule has 0 unspecified atom stereocenters. The third-order valence-electron chi connectivity index (χ3n) is 3.51. The predicted molar refractivity (Wildman–Crippen MR) is 94.8 cm³/mol. The molecule has 0 saturated carbocycles. The molecule has 0 aliphatic heterocycles. The van der Waals surface area contributed by atoms with Crippen LogP contribution in [0.3, 0.4) is 0 Å². The summed E-state index contributed by atoms with van der Waals surface area (Å²) in [6, 6.07) is 5.35. The topological polar surface area (TPSA) is 73.3 Å². The van der Waals surface area contributed by atoms with Gasteiger partial charge >= 0.3 is 5.97 Å². The number of fused-ring (bicyclic) bond motifs is 1. The van der Waals surface area contributed by atoms with Crippen LogP contribution in [0.25, 0.3) is 10.2 Å². The van der Waals surface area contributed by atoms with Crippen molar-refractivity contribution in [1.82, 2.24) is 9.97 Å². The van der Waals surface area contributed by atoms with Crippen LogP contribution in [0.5, 0.6) is 5.75 Å². The number of ether oxygens (including phenoxy) is 2. The van der Waals surface area contributed by atoms with Gasteiger partial charge in [-0.05, 0) is 30.7 Å². The van der Waals surface area contributed by atoms with Crippen molar-refractivity contribution >= 4 is 50.6 Å². The van der Waals surface area contributed by atoms with Gasteiger partial charge < -0.3 is 14.8 Å². The molecule has 1 aromatic carbocycles. The highest BCUT2D eigenvalue weighted by molar-refractivity contribution is 7.20. The largest absolute Gasteiger partial charge is 0.495 e. The molecule has 0 atom stereocenters. The molecule has 124 valence electrons. The molecule has 0 fully saturated rings. The summed E-state index contributed by atoms with van der Waals surface area (Å²) in [6.07, 6.45) is 1.45. The Hall–Kier alpha value is -2.38. The van der Waals surface area contributed by atoms with E-state index < -0.39 is 0 Å². The number of rotatable bonds is 4. The highest BCUT2D eigenvalue weighted by atomic mass is 35.5. The van der Waals surface area contributed by atoms with E-state index in [-0.39, 0.29) is 5.97 Å². The summed E-state index contributed by atoms with van der Waals surface area (Å²) >= 11 is 7.43. The second-order valence-electron chi connectivity index (χ2n) is 4.92. The van der Waals surface area contributed by atoms with Gasteiger partial charge in [-0.1, -0.05) is 11.6 Å². The summed E-state index contributed by atoms with van der Waals surface area (Å²) in [4.78, 5) is 21.6. The second kappa shape index (κ2) is 6.62. The minimum absolute atomic E-state index is 0.381. The van der Waals surface area contributed by atoms with E-state index in [1.807, 2.05) is 13.0 Å². The van der Waals surface area contributed by atoms with E-state index in [9.17, 15) is 4.79 Å². The highest BCUT2D eigenvalue weighted by Gasteiger charge is 2.19. The number of nitrogens with one attached hydrogen (secondary N) is 1. The van der Waals surface area contributed by atoms with E-state index >= 15 is 0 Å². The van der Waals surface area contributed by atoms with Crippen LogP contribution >= 0.6 is 22.9 Å². The highest BCUT2D eigenvalue weighted by Crippen LogP contribution is 2.35. The predicted octanol–water partition coefficient (Wildman–Crippen LogP) is 4.19. The van der Waals surface area contributed by atoms with Crippen molar-refractivity contribution in [3.8, 4) is 5.75 Å². The molecule has 2 aromatic heterocycles. The van der Waals surface area contributed by atoms with Crippen LogP contribution in [0.1, 0.15) is 15.2 Å². The van der Waals surface area contributed by atoms with Gasteiger partial charge in [-0.15, -0.1) is 11.3 Å². The quantitative estimate of drug-likeness (QED) is 0.700. The summed E-state index contributed by atoms with van der Waals surface area (Å²) in [5.74, 6) is 0.814. The number of aryl methyl sites for hydroxylation is 1. The van der Waals surface area contributed by atoms with E-state index in [1.54, 1.807) is 19.2 Å². The smallest absolute Gasteiger partial charge is 0.348 e. The first kappa shape index (κ1) is 16.5. The molecule has 24 heavy (non-hydrogen) atoms. The number of hydrogen-bond donors (Lipinski definition) is 1. The van der Waals surface area contributed by atoms with Crippen LogP contribution in [-0.2, 0) is 4.74 Å². The number of nitrogens with zero attached hydrogens (tertiary/aromatic N) is 2. The van der Waals surface area contributed by atoms with Crippen LogP contribution in [0.2, 0.25) is 5.02 Å². The fourth-order valence-corrected chi connectivity index (χ4v) is 3.66. The first-order valence-electron chi connectivity index (χ1n) is 6.98. The fraction of sp³-hybridized carbons (Fsp3) is 0.188. The van der Waals surface area contributed by atoms with Gasteiger partial charge in [0.15, 0.2) is 0 Å². The average molecular weight is 364 g/mol. The number of anilines is 2. The van der Waals surface area contributed by atoms with Gasteiger partial charge in [0, 0.05) is 5.69 Å². The van der Waals surface area contributed by atoms with Crippen molar-refractivity contribution in [1.29, 1.82) is 0 Å². The van der Waals surface area contributed by atoms with E-state index in [4.69, 9.17) is 21.1 Å². The Morgan fingerprint density at radius 2 is 2.08 bits per heavy atom. The van der Waals surface area contributed by atoms with Crippen molar-refractivity contribution in [3.63, 3.8) is 0 Å². The van der Waals surface area contributed by atoms with Gasteiger partial charge in [-0.25, -0.2) is 14.8 Å². The summed E-state index contributed by atoms with van der Waals surface area (Å²) in [7, 11) is 2.92. The monoisotopic (exact) mass is 363 g/mol. The standard InChI is InChI=1S/C16H14ClN3O3S/c1-8-12-14(20-9-4-5-11(22-2)10(17)6-9)18-7-19-15(12)24-13(8)16(21)23-3/h4-7H,1-3H3,(H,18,19,20). The minimum Gasteiger partial charge on any atom is -0.495 e. The molecule has 6 nitrogen and oxygen atoms in total. The molecule has 8 heteroatoms. The van der Waals surface area contributed by atoms with Gasteiger partial charge in [0.05, 0.1) is 24.6 Å². The van der Waals surface area contributed by atoms with Crippen LogP contribution in [0.15, 0.2) is 24.5 Å². The maximum atomic E-state index is 11.9. The van der Waals surface area contributed by atoms with Gasteiger partial charge in [-0.2, -0.15) is 0 Å². The van der Waals surface area contributed by atoms with Gasteiger partial charge in [0.1, 0.15) is 27.6 Å². The maximum Gasteiger partial charge on any atom is 0.348 e. The van der Waals surface area contributed by atoms with Crippen molar-refractivity contribution in [2.75, 3.05) is 19.5 Å². The van der Waals surface area contributed by atoms with Gasteiger partial charge in [-0.3, -0.25) is 0 Å². The van der Waals surface area contributed by atoms with E-state index in [0.29, 0.717) is 26.3 Å². The molecule has 0 aliphatic rings. The Bertz CT molecular complexity index is 926. The summed E-state index contributed by atoms with van der Waals surface area (Å²) < 4.78 is 9.96. The summed E-state index contributed by atoms with van der Waals surface area (Å²) in [5, 5.41) is 4.49. The maximum absolute atomic E-state index is 11.9. The Kier molecular flexibility index (Phi) is 4.55. The van der Waals surface area contributed by atoms with Crippen LogP contribution < -0.4 is 10.1 Å². The van der Waals surface area contributed by atoms with Crippen molar-refractivity contribution < 1.29 is 14.3 Å². The van der Waals surface area contributed by atoms with Crippen molar-refractivity contribution in [3.05, 3.63) is 40.0 Å². The molecule has 0 spiro atoms. The average Bonchev–Trinajstić information content (AvgIpc) is 2.92. The number of halogens is 1. The third-order valence-corrected chi connectivity index (χ3v) is 4.99. The molecule has 0 radical (unpaired) electrons. The first-order valence-corrected chi connectivity index (χ1v) is 8.17. The number of benzene rings is 1. The molecular weight excluding hydrogens is 350 g/mol. The van der Waals surface area contributed by atoms with Crippen molar-refractivity contribution in [2.45, 2.75) is 6.92 Å². The summed E-state index contributed by atoms with van der Waals surface area (Å²) in [6.45, 7) is 1.85. The Morgan fingerprint density at radius 1 is 1.29 bits per heavy atom. The Morgan fingerprint density at radius 3 is 2.75 bits per heavy atom. The molecular formula is C16H14ClN3O3S. The first-order chi connectivity index (χ1) is 11.5. The number of methoxy groups -OCH3 is 2. The zero-order valence-electron chi connectivity index (χ0n) is 13.2. The third kappa shape index (κ3) is 2.88. The van der Waals surface area contributed by atoms with E-state index in [0.717, 1.165) is 16.6 Å². The number of carbonyl (C=O) groups is 1. The zero-order valence-corrected chi connectivity index (χ0v) is 14.8. The molecule has 0 bridgehead atoms. The van der Waals surface area contributed by atoms with Crippen molar-refractivity contribution in [2.24, 2.45) is 0 Å². The molecule has 3 rings (SSSR count). The second-order valence-corrected chi connectivity index (χ2v) is 6.33. The Balaban J connectivity index is 2.05. The lowest BCUT2D eigenvalue weighted by Crippen LogP contribution is -2.00.